The maximum Gasteiger partial charge on any atom is 0.255 e. The monoisotopic (exact) mass is 333 g/mol. The van der Waals surface area contributed by atoms with E-state index in [1.54, 1.807) is 49.6 Å². The Morgan fingerprint density at radius 2 is 2.00 bits per heavy atom. The second-order valence-electron chi connectivity index (χ2n) is 5.03. The lowest BCUT2D eigenvalue weighted by Crippen LogP contribution is -2.12. The third kappa shape index (κ3) is 4.89. The first-order valence-corrected chi connectivity index (χ1v) is 7.89. The van der Waals surface area contributed by atoms with Crippen LogP contribution in [0.4, 0.5) is 5.69 Å². The van der Waals surface area contributed by atoms with Gasteiger partial charge in [-0.3, -0.25) is 4.79 Å². The molecule has 0 aliphatic carbocycles. The molecule has 122 valence electrons. The number of carbonyl (C=O) groups excluding carboxylic acids is 1. The molecule has 0 saturated carbocycles. The molecule has 2 aromatic carbocycles. The zero-order chi connectivity index (χ0) is 16.7. The fourth-order valence-electron chi connectivity index (χ4n) is 2.02. The van der Waals surface area contributed by atoms with Gasteiger partial charge in [-0.25, -0.2) is 0 Å². The molecule has 0 saturated heterocycles. The van der Waals surface area contributed by atoms with E-state index in [0.29, 0.717) is 34.4 Å². The zero-order valence-corrected chi connectivity index (χ0v) is 14.0. The molecule has 2 rings (SSSR count). The lowest BCUT2D eigenvalue weighted by molar-refractivity contribution is 0.102. The minimum Gasteiger partial charge on any atom is -0.493 e. The number of ether oxygens (including phenoxy) is 2. The highest BCUT2D eigenvalue weighted by Crippen LogP contribution is 2.28. The number of rotatable bonds is 7. The standard InChI is InChI=1S/C18H20ClNO3/c1-3-4-10-23-16-9-8-13(11-17(16)22-2)18(21)20-15-7-5-6-14(19)12-15/h5-9,11-12H,3-4,10H2,1-2H3,(H,20,21). The highest BCUT2D eigenvalue weighted by molar-refractivity contribution is 6.30. The van der Waals surface area contributed by atoms with Crippen molar-refractivity contribution < 1.29 is 14.3 Å². The number of halogens is 1. The number of methoxy groups -OCH3 is 1. The van der Waals surface area contributed by atoms with E-state index in [2.05, 4.69) is 12.2 Å². The van der Waals surface area contributed by atoms with E-state index in [0.717, 1.165) is 12.8 Å². The second kappa shape index (κ2) is 8.44. The van der Waals surface area contributed by atoms with Gasteiger partial charge in [-0.1, -0.05) is 31.0 Å². The summed E-state index contributed by atoms with van der Waals surface area (Å²) in [6, 6.07) is 12.1. The molecule has 5 heteroatoms. The van der Waals surface area contributed by atoms with Crippen LogP contribution in [0.1, 0.15) is 30.1 Å². The van der Waals surface area contributed by atoms with Gasteiger partial charge in [-0.2, -0.15) is 0 Å². The third-order valence-electron chi connectivity index (χ3n) is 3.26. The summed E-state index contributed by atoms with van der Waals surface area (Å²) in [6.07, 6.45) is 2.03. The second-order valence-corrected chi connectivity index (χ2v) is 5.47. The Labute approximate surface area is 141 Å². The van der Waals surface area contributed by atoms with Gasteiger partial charge in [-0.05, 0) is 42.8 Å². The number of amides is 1. The van der Waals surface area contributed by atoms with E-state index in [1.807, 2.05) is 0 Å². The average Bonchev–Trinajstić information content (AvgIpc) is 2.55. The Kier molecular flexibility index (Phi) is 6.29. The van der Waals surface area contributed by atoms with Gasteiger partial charge in [-0.15, -0.1) is 0 Å². The highest BCUT2D eigenvalue weighted by Gasteiger charge is 2.11. The Morgan fingerprint density at radius 1 is 1.17 bits per heavy atom. The molecule has 0 fully saturated rings. The van der Waals surface area contributed by atoms with Crippen LogP contribution < -0.4 is 14.8 Å². The van der Waals surface area contributed by atoms with Crippen LogP contribution in [0.25, 0.3) is 0 Å². The quantitative estimate of drug-likeness (QED) is 0.742. The van der Waals surface area contributed by atoms with Gasteiger partial charge < -0.3 is 14.8 Å². The molecule has 23 heavy (non-hydrogen) atoms. The van der Waals surface area contributed by atoms with E-state index in [-0.39, 0.29) is 5.91 Å². The van der Waals surface area contributed by atoms with E-state index >= 15 is 0 Å². The average molecular weight is 334 g/mol. The van der Waals surface area contributed by atoms with Crippen molar-refractivity contribution in [2.45, 2.75) is 19.8 Å². The summed E-state index contributed by atoms with van der Waals surface area (Å²) in [5.41, 5.74) is 1.13. The molecule has 0 aliphatic rings. The van der Waals surface area contributed by atoms with Crippen molar-refractivity contribution in [2.75, 3.05) is 19.0 Å². The van der Waals surface area contributed by atoms with E-state index in [9.17, 15) is 4.79 Å². The minimum atomic E-state index is -0.231. The third-order valence-corrected chi connectivity index (χ3v) is 3.50. The van der Waals surface area contributed by atoms with Crippen molar-refractivity contribution in [3.05, 3.63) is 53.1 Å². The summed E-state index contributed by atoms with van der Waals surface area (Å²) in [5, 5.41) is 3.37. The first-order chi connectivity index (χ1) is 11.1. The molecule has 0 spiro atoms. The molecule has 0 bridgehead atoms. The predicted octanol–water partition coefficient (Wildman–Crippen LogP) is 4.78. The Morgan fingerprint density at radius 3 is 2.70 bits per heavy atom. The molecule has 1 N–H and O–H groups in total. The van der Waals surface area contributed by atoms with Crippen molar-refractivity contribution in [1.82, 2.24) is 0 Å². The number of anilines is 1. The van der Waals surface area contributed by atoms with Gasteiger partial charge in [0.25, 0.3) is 5.91 Å². The summed E-state index contributed by atoms with van der Waals surface area (Å²) in [4.78, 5) is 12.3. The fourth-order valence-corrected chi connectivity index (χ4v) is 2.21. The summed E-state index contributed by atoms with van der Waals surface area (Å²) in [7, 11) is 1.56. The molecule has 1 amide bonds. The van der Waals surface area contributed by atoms with Gasteiger partial charge >= 0.3 is 0 Å². The smallest absolute Gasteiger partial charge is 0.255 e. The van der Waals surface area contributed by atoms with Crippen molar-refractivity contribution in [3.63, 3.8) is 0 Å². The van der Waals surface area contributed by atoms with Crippen molar-refractivity contribution in [3.8, 4) is 11.5 Å². The molecular formula is C18H20ClNO3. The molecule has 0 aliphatic heterocycles. The van der Waals surface area contributed by atoms with Gasteiger partial charge in [0.15, 0.2) is 11.5 Å². The number of hydrogen-bond acceptors (Lipinski definition) is 3. The first kappa shape index (κ1) is 17.2. The lowest BCUT2D eigenvalue weighted by Gasteiger charge is -2.12. The minimum absolute atomic E-state index is 0.231. The van der Waals surface area contributed by atoms with Crippen LogP contribution in [0.2, 0.25) is 5.02 Å². The Bertz CT molecular complexity index is 673. The first-order valence-electron chi connectivity index (χ1n) is 7.51. The number of carbonyl (C=O) groups is 1. The van der Waals surface area contributed by atoms with Crippen LogP contribution in [0.3, 0.4) is 0 Å². The summed E-state index contributed by atoms with van der Waals surface area (Å²) in [6.45, 7) is 2.73. The van der Waals surface area contributed by atoms with Gasteiger partial charge in [0.1, 0.15) is 0 Å². The largest absolute Gasteiger partial charge is 0.493 e. The SMILES string of the molecule is CCCCOc1ccc(C(=O)Nc2cccc(Cl)c2)cc1OC. The fraction of sp³-hybridized carbons (Fsp3) is 0.278. The van der Waals surface area contributed by atoms with E-state index in [4.69, 9.17) is 21.1 Å². The van der Waals surface area contributed by atoms with Crippen LogP contribution in [-0.4, -0.2) is 19.6 Å². The van der Waals surface area contributed by atoms with Crippen LogP contribution in [0.5, 0.6) is 11.5 Å². The number of benzene rings is 2. The molecule has 0 aromatic heterocycles. The Hall–Kier alpha value is -2.20. The van der Waals surface area contributed by atoms with E-state index in [1.165, 1.54) is 0 Å². The summed E-state index contributed by atoms with van der Waals surface area (Å²) in [5.74, 6) is 0.950. The van der Waals surface area contributed by atoms with Crippen LogP contribution in [0, 0.1) is 0 Å². The topological polar surface area (TPSA) is 47.6 Å². The van der Waals surface area contributed by atoms with Crippen molar-refractivity contribution in [2.24, 2.45) is 0 Å². The molecule has 4 nitrogen and oxygen atoms in total. The van der Waals surface area contributed by atoms with E-state index < -0.39 is 0 Å². The van der Waals surface area contributed by atoms with Gasteiger partial charge in [0, 0.05) is 16.3 Å². The van der Waals surface area contributed by atoms with Crippen molar-refractivity contribution >= 4 is 23.2 Å². The molecule has 2 aromatic rings. The molecular weight excluding hydrogens is 314 g/mol. The maximum atomic E-state index is 12.3. The number of nitrogens with one attached hydrogen (secondary N) is 1. The summed E-state index contributed by atoms with van der Waals surface area (Å²) < 4.78 is 11.0. The van der Waals surface area contributed by atoms with Crippen LogP contribution in [-0.2, 0) is 0 Å². The molecule has 0 heterocycles. The normalized spacial score (nSPS) is 10.2. The lowest BCUT2D eigenvalue weighted by atomic mass is 10.2. The Balaban J connectivity index is 2.11. The zero-order valence-electron chi connectivity index (χ0n) is 13.3. The van der Waals surface area contributed by atoms with Gasteiger partial charge in [0.05, 0.1) is 13.7 Å². The van der Waals surface area contributed by atoms with Crippen LogP contribution >= 0.6 is 11.6 Å². The van der Waals surface area contributed by atoms with Gasteiger partial charge in [0.2, 0.25) is 0 Å². The summed E-state index contributed by atoms with van der Waals surface area (Å²) >= 11 is 5.92. The molecule has 0 unspecified atom stereocenters. The number of unbranched alkanes of at least 4 members (excludes halogenated alkanes) is 1. The number of hydrogen-bond donors (Lipinski definition) is 1. The predicted molar refractivity (Wildman–Crippen MR) is 92.8 cm³/mol. The molecule has 0 atom stereocenters. The van der Waals surface area contributed by atoms with Crippen molar-refractivity contribution in [1.29, 1.82) is 0 Å². The molecule has 0 radical (unpaired) electrons. The maximum absolute atomic E-state index is 12.3. The highest BCUT2D eigenvalue weighted by atomic mass is 35.5. The van der Waals surface area contributed by atoms with Crippen LogP contribution in [0.15, 0.2) is 42.5 Å².